The number of nitrogens with zero attached hydrogens (tertiary/aromatic N) is 1. The van der Waals surface area contributed by atoms with Crippen molar-refractivity contribution in [1.82, 2.24) is 5.32 Å². The summed E-state index contributed by atoms with van der Waals surface area (Å²) in [6.07, 6.45) is 0.530. The van der Waals surface area contributed by atoms with Crippen LogP contribution >= 0.6 is 12.2 Å². The number of anilines is 1. The van der Waals surface area contributed by atoms with Gasteiger partial charge in [0.1, 0.15) is 11.8 Å². The number of rotatable bonds is 3. The van der Waals surface area contributed by atoms with Crippen molar-refractivity contribution in [1.29, 1.82) is 0 Å². The van der Waals surface area contributed by atoms with Gasteiger partial charge >= 0.3 is 0 Å². The van der Waals surface area contributed by atoms with Crippen molar-refractivity contribution in [3.8, 4) is 5.75 Å². The average Bonchev–Trinajstić information content (AvgIpc) is 2.77. The molecule has 1 atom stereocenters. The molecule has 0 spiro atoms. The van der Waals surface area contributed by atoms with Gasteiger partial charge in [0.05, 0.1) is 5.69 Å². The molecule has 2 N–H and O–H groups in total. The quantitative estimate of drug-likeness (QED) is 0.853. The minimum atomic E-state index is -0.373. The first kappa shape index (κ1) is 13.6. The smallest absolute Gasteiger partial charge is 0.256 e. The van der Waals surface area contributed by atoms with E-state index in [2.05, 4.69) is 5.32 Å². The molecular formula is C16H14N2O2S. The third-order valence-corrected chi connectivity index (χ3v) is 3.71. The van der Waals surface area contributed by atoms with Crippen LogP contribution in [0.5, 0.6) is 5.75 Å². The molecule has 0 radical (unpaired) electrons. The number of carbonyl (C=O) groups is 1. The maximum atomic E-state index is 12.5. The molecular weight excluding hydrogens is 284 g/mol. The molecule has 1 saturated heterocycles. The van der Waals surface area contributed by atoms with Crippen LogP contribution in [-0.2, 0) is 11.2 Å². The lowest BCUT2D eigenvalue weighted by Gasteiger charge is -2.14. The van der Waals surface area contributed by atoms with Gasteiger partial charge in [-0.25, -0.2) is 0 Å². The van der Waals surface area contributed by atoms with Crippen molar-refractivity contribution < 1.29 is 9.90 Å². The van der Waals surface area contributed by atoms with Crippen molar-refractivity contribution in [2.24, 2.45) is 0 Å². The Hall–Kier alpha value is -2.40. The molecule has 1 aliphatic heterocycles. The maximum absolute atomic E-state index is 12.5. The fraction of sp³-hybridized carbons (Fsp3) is 0.125. The first-order valence-electron chi connectivity index (χ1n) is 6.62. The highest BCUT2D eigenvalue weighted by atomic mass is 32.1. The zero-order chi connectivity index (χ0) is 14.8. The second-order valence-electron chi connectivity index (χ2n) is 4.88. The average molecular weight is 298 g/mol. The van der Waals surface area contributed by atoms with Gasteiger partial charge in [-0.15, -0.1) is 0 Å². The number of hydrogen-bond acceptors (Lipinski definition) is 3. The monoisotopic (exact) mass is 298 g/mol. The van der Waals surface area contributed by atoms with Crippen molar-refractivity contribution in [3.05, 3.63) is 60.2 Å². The topological polar surface area (TPSA) is 52.6 Å². The molecule has 2 aromatic rings. The summed E-state index contributed by atoms with van der Waals surface area (Å²) >= 11 is 5.27. The van der Waals surface area contributed by atoms with E-state index in [9.17, 15) is 9.90 Å². The number of phenols is 1. The number of thiocarbonyl (C=S) groups is 1. The molecule has 4 nitrogen and oxygen atoms in total. The summed E-state index contributed by atoms with van der Waals surface area (Å²) in [5.74, 6) is 0.158. The summed E-state index contributed by atoms with van der Waals surface area (Å²) in [4.78, 5) is 14.0. The molecule has 1 aliphatic rings. The zero-order valence-corrected chi connectivity index (χ0v) is 12.0. The lowest BCUT2D eigenvalue weighted by molar-refractivity contribution is -0.118. The van der Waals surface area contributed by atoms with E-state index in [1.807, 2.05) is 30.3 Å². The van der Waals surface area contributed by atoms with Gasteiger partial charge < -0.3 is 10.4 Å². The molecule has 0 saturated carbocycles. The minimum absolute atomic E-state index is 0.0562. The molecule has 1 amide bonds. The van der Waals surface area contributed by atoms with Gasteiger partial charge in [0.15, 0.2) is 5.11 Å². The summed E-state index contributed by atoms with van der Waals surface area (Å²) in [6.45, 7) is 0. The Morgan fingerprint density at radius 2 is 1.76 bits per heavy atom. The molecule has 0 aliphatic carbocycles. The number of benzene rings is 2. The predicted molar refractivity (Wildman–Crippen MR) is 85.3 cm³/mol. The van der Waals surface area contributed by atoms with E-state index >= 15 is 0 Å². The number of amides is 1. The fourth-order valence-corrected chi connectivity index (χ4v) is 2.70. The number of aromatic hydroxyl groups is 1. The summed E-state index contributed by atoms with van der Waals surface area (Å²) in [5.41, 5.74) is 1.74. The van der Waals surface area contributed by atoms with Gasteiger partial charge in [-0.05, 0) is 42.0 Å². The van der Waals surface area contributed by atoms with E-state index in [0.717, 1.165) is 11.3 Å². The normalized spacial score (nSPS) is 17.9. The highest BCUT2D eigenvalue weighted by Crippen LogP contribution is 2.21. The molecule has 3 rings (SSSR count). The second kappa shape index (κ2) is 5.54. The number of para-hydroxylation sites is 1. The molecule has 106 valence electrons. The molecule has 1 fully saturated rings. The van der Waals surface area contributed by atoms with Crippen LogP contribution in [0.2, 0.25) is 0 Å². The largest absolute Gasteiger partial charge is 0.508 e. The zero-order valence-electron chi connectivity index (χ0n) is 11.2. The first-order chi connectivity index (χ1) is 10.1. The summed E-state index contributed by atoms with van der Waals surface area (Å²) in [6, 6.07) is 15.8. The van der Waals surface area contributed by atoms with Crippen LogP contribution in [0.1, 0.15) is 5.56 Å². The van der Waals surface area contributed by atoms with E-state index in [1.165, 1.54) is 4.90 Å². The predicted octanol–water partition coefficient (Wildman–Crippen LogP) is 2.22. The lowest BCUT2D eigenvalue weighted by atomic mass is 10.1. The van der Waals surface area contributed by atoms with Gasteiger partial charge in [-0.1, -0.05) is 30.3 Å². The Labute approximate surface area is 128 Å². The molecule has 0 aromatic heterocycles. The lowest BCUT2D eigenvalue weighted by Crippen LogP contribution is -2.32. The third kappa shape index (κ3) is 2.73. The Bertz CT molecular complexity index is 670. The van der Waals surface area contributed by atoms with Gasteiger partial charge in [0.2, 0.25) is 0 Å². The van der Waals surface area contributed by atoms with Crippen LogP contribution in [0.4, 0.5) is 5.69 Å². The van der Waals surface area contributed by atoms with Crippen molar-refractivity contribution in [2.75, 3.05) is 4.90 Å². The van der Waals surface area contributed by atoms with E-state index in [1.54, 1.807) is 24.3 Å². The highest BCUT2D eigenvalue weighted by molar-refractivity contribution is 7.80. The SMILES string of the molecule is O=C1[C@H](Cc2ccc(O)cc2)NC(=S)N1c1ccccc1. The van der Waals surface area contributed by atoms with E-state index in [4.69, 9.17) is 12.2 Å². The molecule has 0 unspecified atom stereocenters. The van der Waals surface area contributed by atoms with Crippen LogP contribution in [0, 0.1) is 0 Å². The van der Waals surface area contributed by atoms with Gasteiger partial charge in [0.25, 0.3) is 5.91 Å². The van der Waals surface area contributed by atoms with Gasteiger partial charge in [-0.2, -0.15) is 0 Å². The molecule has 2 aromatic carbocycles. The Morgan fingerprint density at radius 3 is 2.43 bits per heavy atom. The Morgan fingerprint density at radius 1 is 1.10 bits per heavy atom. The Balaban J connectivity index is 1.79. The molecule has 0 bridgehead atoms. The van der Waals surface area contributed by atoms with Crippen LogP contribution in [0.15, 0.2) is 54.6 Å². The number of carbonyl (C=O) groups excluding carboxylic acids is 1. The molecule has 5 heteroatoms. The molecule has 21 heavy (non-hydrogen) atoms. The van der Waals surface area contributed by atoms with Crippen LogP contribution in [0.3, 0.4) is 0 Å². The summed E-state index contributed by atoms with van der Waals surface area (Å²) in [5, 5.41) is 12.8. The number of nitrogens with one attached hydrogen (secondary N) is 1. The number of hydrogen-bond donors (Lipinski definition) is 2. The van der Waals surface area contributed by atoms with Gasteiger partial charge in [-0.3, -0.25) is 9.69 Å². The van der Waals surface area contributed by atoms with Crippen molar-refractivity contribution >= 4 is 28.9 Å². The second-order valence-corrected chi connectivity index (χ2v) is 5.27. The van der Waals surface area contributed by atoms with Crippen molar-refractivity contribution in [2.45, 2.75) is 12.5 Å². The standard InChI is InChI=1S/C16H14N2O2S/c19-13-8-6-11(7-9-13)10-14-15(20)18(16(21)17-14)12-4-2-1-3-5-12/h1-9,14,19H,10H2,(H,17,21)/t14-/m0/s1. The van der Waals surface area contributed by atoms with Crippen LogP contribution in [0.25, 0.3) is 0 Å². The summed E-state index contributed by atoms with van der Waals surface area (Å²) in [7, 11) is 0. The highest BCUT2D eigenvalue weighted by Gasteiger charge is 2.36. The van der Waals surface area contributed by atoms with E-state index in [0.29, 0.717) is 11.5 Å². The van der Waals surface area contributed by atoms with Crippen LogP contribution in [-0.4, -0.2) is 22.2 Å². The maximum Gasteiger partial charge on any atom is 0.256 e. The molecule has 1 heterocycles. The van der Waals surface area contributed by atoms with Gasteiger partial charge in [0, 0.05) is 6.42 Å². The van der Waals surface area contributed by atoms with Crippen molar-refractivity contribution in [3.63, 3.8) is 0 Å². The fourth-order valence-electron chi connectivity index (χ4n) is 2.36. The summed E-state index contributed by atoms with van der Waals surface area (Å²) < 4.78 is 0. The third-order valence-electron chi connectivity index (χ3n) is 3.41. The minimum Gasteiger partial charge on any atom is -0.508 e. The Kier molecular flexibility index (Phi) is 3.58. The van der Waals surface area contributed by atoms with E-state index < -0.39 is 0 Å². The van der Waals surface area contributed by atoms with Crippen LogP contribution < -0.4 is 10.2 Å². The first-order valence-corrected chi connectivity index (χ1v) is 7.03. The number of phenolic OH excluding ortho intramolecular Hbond substituents is 1. The van der Waals surface area contributed by atoms with E-state index in [-0.39, 0.29) is 17.7 Å².